The van der Waals surface area contributed by atoms with Gasteiger partial charge in [0.05, 0.1) is 21.3 Å². The summed E-state index contributed by atoms with van der Waals surface area (Å²) in [5, 5.41) is 0. The van der Waals surface area contributed by atoms with Gasteiger partial charge in [0, 0.05) is 31.7 Å². The van der Waals surface area contributed by atoms with E-state index in [1.54, 1.807) is 21.3 Å². The molecule has 0 saturated carbocycles. The summed E-state index contributed by atoms with van der Waals surface area (Å²) in [5.41, 5.74) is 8.19. The zero-order valence-corrected chi connectivity index (χ0v) is 15.3. The summed E-state index contributed by atoms with van der Waals surface area (Å²) in [6.07, 6.45) is 0.983. The number of hydrogen-bond acceptors (Lipinski definition) is 5. The quantitative estimate of drug-likeness (QED) is 0.718. The lowest BCUT2D eigenvalue weighted by atomic mass is 10.1. The van der Waals surface area contributed by atoms with Crippen LogP contribution < -0.4 is 19.9 Å². The molecule has 0 heterocycles. The number of methoxy groups -OCH3 is 3. The highest BCUT2D eigenvalue weighted by atomic mass is 16.5. The number of nitrogens with zero attached hydrogens (tertiary/aromatic N) is 1. The van der Waals surface area contributed by atoms with Gasteiger partial charge in [-0.15, -0.1) is 0 Å². The summed E-state index contributed by atoms with van der Waals surface area (Å²) in [7, 11) is 4.90. The fraction of sp³-hybridized carbons (Fsp3) is 0.400. The molecule has 2 aromatic rings. The molecule has 2 N–H and O–H groups in total. The van der Waals surface area contributed by atoms with Crippen molar-refractivity contribution in [1.29, 1.82) is 0 Å². The highest BCUT2D eigenvalue weighted by Crippen LogP contribution is 2.40. The second-order valence-corrected chi connectivity index (χ2v) is 5.79. The molecule has 0 bridgehead atoms. The Kier molecular flexibility index (Phi) is 7.57. The first kappa shape index (κ1) is 19.1. The van der Waals surface area contributed by atoms with Crippen LogP contribution in [0.25, 0.3) is 0 Å². The summed E-state index contributed by atoms with van der Waals surface area (Å²) >= 11 is 0. The van der Waals surface area contributed by atoms with Crippen molar-refractivity contribution in [2.24, 2.45) is 5.73 Å². The molecule has 136 valence electrons. The van der Waals surface area contributed by atoms with E-state index in [0.717, 1.165) is 31.6 Å². The van der Waals surface area contributed by atoms with Crippen molar-refractivity contribution in [1.82, 2.24) is 4.90 Å². The van der Waals surface area contributed by atoms with Crippen LogP contribution in [0.4, 0.5) is 0 Å². The maximum atomic E-state index is 5.81. The van der Waals surface area contributed by atoms with Crippen LogP contribution in [0.1, 0.15) is 11.1 Å². The minimum atomic E-state index is 0.615. The van der Waals surface area contributed by atoms with Crippen molar-refractivity contribution in [3.63, 3.8) is 0 Å². The molecule has 25 heavy (non-hydrogen) atoms. The molecular weight excluding hydrogens is 316 g/mol. The largest absolute Gasteiger partial charge is 0.493 e. The lowest BCUT2D eigenvalue weighted by Crippen LogP contribution is -2.31. The molecule has 0 radical (unpaired) electrons. The fourth-order valence-electron chi connectivity index (χ4n) is 2.91. The van der Waals surface area contributed by atoms with Crippen molar-refractivity contribution in [3.8, 4) is 17.2 Å². The highest BCUT2D eigenvalue weighted by molar-refractivity contribution is 5.55. The van der Waals surface area contributed by atoms with Gasteiger partial charge in [-0.25, -0.2) is 0 Å². The average Bonchev–Trinajstić information content (AvgIpc) is 2.66. The molecule has 0 aliphatic rings. The van der Waals surface area contributed by atoms with Crippen LogP contribution in [0.15, 0.2) is 42.5 Å². The van der Waals surface area contributed by atoms with E-state index in [-0.39, 0.29) is 0 Å². The maximum Gasteiger partial charge on any atom is 0.203 e. The zero-order chi connectivity index (χ0) is 18.1. The summed E-state index contributed by atoms with van der Waals surface area (Å²) in [4.78, 5) is 2.33. The van der Waals surface area contributed by atoms with E-state index in [4.69, 9.17) is 19.9 Å². The molecule has 2 rings (SSSR count). The van der Waals surface area contributed by atoms with Gasteiger partial charge in [-0.3, -0.25) is 4.90 Å². The molecule has 5 nitrogen and oxygen atoms in total. The summed E-state index contributed by atoms with van der Waals surface area (Å²) in [5.74, 6) is 2.00. The van der Waals surface area contributed by atoms with E-state index >= 15 is 0 Å². The molecule has 0 unspecified atom stereocenters. The molecule has 0 fully saturated rings. The molecule has 0 amide bonds. The standard InChI is InChI=1S/C20H28N2O3/c1-23-18-10-9-17(19(24-2)20(18)25-3)15-22(14-12-21)13-11-16-7-5-4-6-8-16/h4-10H,11-15,21H2,1-3H3. The predicted molar refractivity (Wildman–Crippen MR) is 101 cm³/mol. The first-order chi connectivity index (χ1) is 12.2. The number of rotatable bonds is 10. The molecule has 0 aliphatic heterocycles. The molecular formula is C20H28N2O3. The summed E-state index contributed by atoms with van der Waals surface area (Å²) < 4.78 is 16.4. The Morgan fingerprint density at radius 2 is 1.56 bits per heavy atom. The Balaban J connectivity index is 2.15. The molecule has 5 heteroatoms. The van der Waals surface area contributed by atoms with E-state index in [2.05, 4.69) is 29.2 Å². The SMILES string of the molecule is COc1ccc(CN(CCN)CCc2ccccc2)c(OC)c1OC. The lowest BCUT2D eigenvalue weighted by molar-refractivity contribution is 0.267. The van der Waals surface area contributed by atoms with Crippen LogP contribution in [0.5, 0.6) is 17.2 Å². The molecule has 0 atom stereocenters. The van der Waals surface area contributed by atoms with Crippen LogP contribution in [0.2, 0.25) is 0 Å². The third kappa shape index (κ3) is 5.11. The van der Waals surface area contributed by atoms with Gasteiger partial charge in [0.2, 0.25) is 5.75 Å². The highest BCUT2D eigenvalue weighted by Gasteiger charge is 2.17. The summed E-state index contributed by atoms with van der Waals surface area (Å²) in [6.45, 7) is 3.11. The van der Waals surface area contributed by atoms with Crippen molar-refractivity contribution in [3.05, 3.63) is 53.6 Å². The Bertz CT molecular complexity index is 647. The van der Waals surface area contributed by atoms with E-state index in [9.17, 15) is 0 Å². The molecule has 2 aromatic carbocycles. The Hall–Kier alpha value is -2.24. The monoisotopic (exact) mass is 344 g/mol. The minimum absolute atomic E-state index is 0.615. The summed E-state index contributed by atoms with van der Waals surface area (Å²) in [6, 6.07) is 14.4. The molecule has 0 aromatic heterocycles. The van der Waals surface area contributed by atoms with Gasteiger partial charge >= 0.3 is 0 Å². The van der Waals surface area contributed by atoms with Crippen molar-refractivity contribution in [2.45, 2.75) is 13.0 Å². The minimum Gasteiger partial charge on any atom is -0.493 e. The van der Waals surface area contributed by atoms with Crippen molar-refractivity contribution < 1.29 is 14.2 Å². The molecule has 0 aliphatic carbocycles. The second-order valence-electron chi connectivity index (χ2n) is 5.79. The van der Waals surface area contributed by atoms with Gasteiger partial charge in [-0.1, -0.05) is 36.4 Å². The lowest BCUT2D eigenvalue weighted by Gasteiger charge is -2.24. The van der Waals surface area contributed by atoms with Gasteiger partial charge < -0.3 is 19.9 Å². The average molecular weight is 344 g/mol. The van der Waals surface area contributed by atoms with Crippen molar-refractivity contribution >= 4 is 0 Å². The predicted octanol–water partition coefficient (Wildman–Crippen LogP) is 2.72. The van der Waals surface area contributed by atoms with Crippen LogP contribution in [-0.2, 0) is 13.0 Å². The number of benzene rings is 2. The first-order valence-corrected chi connectivity index (χ1v) is 8.47. The molecule has 0 spiro atoms. The van der Waals surface area contributed by atoms with Gasteiger partial charge in [0.1, 0.15) is 0 Å². The molecule has 0 saturated heterocycles. The third-order valence-electron chi connectivity index (χ3n) is 4.18. The Morgan fingerprint density at radius 1 is 0.840 bits per heavy atom. The number of ether oxygens (including phenoxy) is 3. The van der Waals surface area contributed by atoms with Crippen molar-refractivity contribution in [2.75, 3.05) is 41.0 Å². The van der Waals surface area contributed by atoms with Crippen LogP contribution in [0, 0.1) is 0 Å². The number of nitrogens with two attached hydrogens (primary N) is 1. The van der Waals surface area contributed by atoms with Gasteiger partial charge in [-0.2, -0.15) is 0 Å². The van der Waals surface area contributed by atoms with E-state index in [0.29, 0.717) is 23.8 Å². The zero-order valence-electron chi connectivity index (χ0n) is 15.3. The van der Waals surface area contributed by atoms with Gasteiger partial charge in [0.15, 0.2) is 11.5 Å². The fourth-order valence-corrected chi connectivity index (χ4v) is 2.91. The maximum absolute atomic E-state index is 5.81. The van der Waals surface area contributed by atoms with Crippen LogP contribution in [0.3, 0.4) is 0 Å². The van der Waals surface area contributed by atoms with Gasteiger partial charge in [-0.05, 0) is 18.1 Å². The van der Waals surface area contributed by atoms with E-state index in [1.807, 2.05) is 18.2 Å². The first-order valence-electron chi connectivity index (χ1n) is 8.47. The van der Waals surface area contributed by atoms with Gasteiger partial charge in [0.25, 0.3) is 0 Å². The van der Waals surface area contributed by atoms with Crippen LogP contribution >= 0.6 is 0 Å². The van der Waals surface area contributed by atoms with Crippen LogP contribution in [-0.4, -0.2) is 45.9 Å². The number of hydrogen-bond donors (Lipinski definition) is 1. The Labute approximate surface area is 150 Å². The second kappa shape index (κ2) is 9.91. The third-order valence-corrected chi connectivity index (χ3v) is 4.18. The topological polar surface area (TPSA) is 57.0 Å². The normalized spacial score (nSPS) is 10.8. The Morgan fingerprint density at radius 3 is 2.16 bits per heavy atom. The smallest absolute Gasteiger partial charge is 0.203 e. The van der Waals surface area contributed by atoms with E-state index < -0.39 is 0 Å². The van der Waals surface area contributed by atoms with E-state index in [1.165, 1.54) is 5.56 Å².